The summed E-state index contributed by atoms with van der Waals surface area (Å²) in [5.41, 5.74) is 3.16. The highest BCUT2D eigenvalue weighted by Gasteiger charge is 2.10. The van der Waals surface area contributed by atoms with Crippen LogP contribution in [0.3, 0.4) is 0 Å². The SMILES string of the molecule is COc1c(C)cnc(CNC(=O)COc2ccc(C#N)cc2)c1C. The van der Waals surface area contributed by atoms with Gasteiger partial charge in [-0.1, -0.05) is 0 Å². The lowest BCUT2D eigenvalue weighted by Gasteiger charge is -2.13. The molecule has 0 aliphatic rings. The molecule has 1 amide bonds. The summed E-state index contributed by atoms with van der Waals surface area (Å²) in [6.45, 7) is 4.03. The molecule has 124 valence electrons. The monoisotopic (exact) mass is 325 g/mol. The zero-order chi connectivity index (χ0) is 17.5. The molecule has 0 saturated heterocycles. The van der Waals surface area contributed by atoms with Crippen molar-refractivity contribution >= 4 is 5.91 Å². The molecule has 0 radical (unpaired) electrons. The first kappa shape index (κ1) is 17.3. The molecule has 1 heterocycles. The molecular formula is C18H19N3O3. The highest BCUT2D eigenvalue weighted by molar-refractivity contribution is 5.77. The topological polar surface area (TPSA) is 84.2 Å². The van der Waals surface area contributed by atoms with Crippen LogP contribution in [0.4, 0.5) is 0 Å². The van der Waals surface area contributed by atoms with Gasteiger partial charge < -0.3 is 14.8 Å². The summed E-state index contributed by atoms with van der Waals surface area (Å²) < 4.78 is 10.7. The van der Waals surface area contributed by atoms with Gasteiger partial charge in [0.2, 0.25) is 0 Å². The fraction of sp³-hybridized carbons (Fsp3) is 0.278. The number of carbonyl (C=O) groups excluding carboxylic acids is 1. The third-order valence-electron chi connectivity index (χ3n) is 3.56. The molecule has 0 atom stereocenters. The van der Waals surface area contributed by atoms with E-state index in [0.29, 0.717) is 17.9 Å². The van der Waals surface area contributed by atoms with Gasteiger partial charge in [0.05, 0.1) is 31.0 Å². The van der Waals surface area contributed by atoms with Gasteiger partial charge in [0.15, 0.2) is 6.61 Å². The van der Waals surface area contributed by atoms with Gasteiger partial charge in [-0.05, 0) is 38.1 Å². The van der Waals surface area contributed by atoms with E-state index in [-0.39, 0.29) is 12.5 Å². The number of amides is 1. The van der Waals surface area contributed by atoms with Crippen LogP contribution in [0.5, 0.6) is 11.5 Å². The molecule has 6 nitrogen and oxygen atoms in total. The van der Waals surface area contributed by atoms with Crippen molar-refractivity contribution in [3.8, 4) is 17.6 Å². The van der Waals surface area contributed by atoms with Gasteiger partial charge in [-0.2, -0.15) is 5.26 Å². The normalized spacial score (nSPS) is 9.92. The first-order valence-electron chi connectivity index (χ1n) is 7.44. The molecule has 1 aromatic carbocycles. The number of benzene rings is 1. The van der Waals surface area contributed by atoms with Gasteiger partial charge in [0, 0.05) is 17.3 Å². The average molecular weight is 325 g/mol. The Bertz CT molecular complexity index is 764. The number of nitrogens with zero attached hydrogens (tertiary/aromatic N) is 2. The Balaban J connectivity index is 1.88. The minimum Gasteiger partial charge on any atom is -0.496 e. The van der Waals surface area contributed by atoms with E-state index in [1.807, 2.05) is 19.9 Å². The Hall–Kier alpha value is -3.07. The Kier molecular flexibility index (Phi) is 5.74. The summed E-state index contributed by atoms with van der Waals surface area (Å²) in [6.07, 6.45) is 1.72. The van der Waals surface area contributed by atoms with Gasteiger partial charge >= 0.3 is 0 Å². The summed E-state index contributed by atoms with van der Waals surface area (Å²) in [7, 11) is 1.61. The van der Waals surface area contributed by atoms with Crippen molar-refractivity contribution in [1.82, 2.24) is 10.3 Å². The Labute approximate surface area is 141 Å². The van der Waals surface area contributed by atoms with Crippen molar-refractivity contribution in [3.63, 3.8) is 0 Å². The fourth-order valence-corrected chi connectivity index (χ4v) is 2.26. The molecule has 2 rings (SSSR count). The van der Waals surface area contributed by atoms with Crippen LogP contribution in [0.25, 0.3) is 0 Å². The lowest BCUT2D eigenvalue weighted by Crippen LogP contribution is -2.29. The van der Waals surface area contributed by atoms with Crippen molar-refractivity contribution < 1.29 is 14.3 Å². The van der Waals surface area contributed by atoms with E-state index in [1.54, 1.807) is 37.6 Å². The van der Waals surface area contributed by atoms with Crippen LogP contribution in [-0.4, -0.2) is 24.6 Å². The van der Waals surface area contributed by atoms with E-state index in [4.69, 9.17) is 14.7 Å². The maximum atomic E-state index is 11.9. The van der Waals surface area contributed by atoms with E-state index >= 15 is 0 Å². The van der Waals surface area contributed by atoms with Crippen LogP contribution in [0.15, 0.2) is 30.5 Å². The number of hydrogen-bond acceptors (Lipinski definition) is 5. The van der Waals surface area contributed by atoms with Gasteiger partial charge in [-0.25, -0.2) is 0 Å². The molecule has 0 bridgehead atoms. The number of ether oxygens (including phenoxy) is 2. The zero-order valence-electron chi connectivity index (χ0n) is 13.9. The smallest absolute Gasteiger partial charge is 0.258 e. The molecule has 0 unspecified atom stereocenters. The number of aryl methyl sites for hydroxylation is 1. The quantitative estimate of drug-likeness (QED) is 0.881. The first-order chi connectivity index (χ1) is 11.5. The standard InChI is InChI=1S/C18H19N3O3/c1-12-9-20-16(13(2)18(12)23-3)10-21-17(22)11-24-15-6-4-14(8-19)5-7-15/h4-7,9H,10-11H2,1-3H3,(H,21,22). The van der Waals surface area contributed by atoms with Crippen LogP contribution >= 0.6 is 0 Å². The van der Waals surface area contributed by atoms with Crippen LogP contribution < -0.4 is 14.8 Å². The van der Waals surface area contributed by atoms with Crippen molar-refractivity contribution in [1.29, 1.82) is 5.26 Å². The molecule has 6 heteroatoms. The molecule has 0 aliphatic carbocycles. The zero-order valence-corrected chi connectivity index (χ0v) is 13.9. The number of nitriles is 1. The highest BCUT2D eigenvalue weighted by atomic mass is 16.5. The second-order valence-electron chi connectivity index (χ2n) is 5.25. The third-order valence-corrected chi connectivity index (χ3v) is 3.56. The number of pyridine rings is 1. The molecule has 1 N–H and O–H groups in total. The molecule has 2 aromatic rings. The Morgan fingerprint density at radius 1 is 1.29 bits per heavy atom. The molecule has 1 aromatic heterocycles. The van der Waals surface area contributed by atoms with E-state index in [1.165, 1.54) is 0 Å². The summed E-state index contributed by atoms with van der Waals surface area (Å²) in [5, 5.41) is 11.5. The number of nitrogens with one attached hydrogen (secondary N) is 1. The molecule has 0 fully saturated rings. The lowest BCUT2D eigenvalue weighted by molar-refractivity contribution is -0.123. The highest BCUT2D eigenvalue weighted by Crippen LogP contribution is 2.23. The van der Waals surface area contributed by atoms with Crippen LogP contribution in [0.2, 0.25) is 0 Å². The maximum absolute atomic E-state index is 11.9. The molecule has 0 spiro atoms. The number of carbonyl (C=O) groups is 1. The van der Waals surface area contributed by atoms with Crippen molar-refractivity contribution in [2.24, 2.45) is 0 Å². The molecule has 24 heavy (non-hydrogen) atoms. The van der Waals surface area contributed by atoms with Crippen LogP contribution in [-0.2, 0) is 11.3 Å². The van der Waals surface area contributed by atoms with Crippen molar-refractivity contribution in [2.45, 2.75) is 20.4 Å². The number of methoxy groups -OCH3 is 1. The first-order valence-corrected chi connectivity index (χ1v) is 7.44. The molecule has 0 aliphatic heterocycles. The van der Waals surface area contributed by atoms with Gasteiger partial charge in [-0.15, -0.1) is 0 Å². The van der Waals surface area contributed by atoms with Gasteiger partial charge in [0.25, 0.3) is 5.91 Å². The Morgan fingerprint density at radius 2 is 2.00 bits per heavy atom. The van der Waals surface area contributed by atoms with Gasteiger partial charge in [0.1, 0.15) is 11.5 Å². The Morgan fingerprint density at radius 3 is 2.62 bits per heavy atom. The van der Waals surface area contributed by atoms with Crippen LogP contribution in [0, 0.1) is 25.2 Å². The minimum atomic E-state index is -0.250. The second kappa shape index (κ2) is 7.97. The van der Waals surface area contributed by atoms with Crippen molar-refractivity contribution in [2.75, 3.05) is 13.7 Å². The number of hydrogen-bond donors (Lipinski definition) is 1. The summed E-state index contributed by atoms with van der Waals surface area (Å²) in [4.78, 5) is 16.2. The lowest BCUT2D eigenvalue weighted by atomic mass is 10.1. The predicted molar refractivity (Wildman–Crippen MR) is 88.8 cm³/mol. The van der Waals surface area contributed by atoms with E-state index < -0.39 is 0 Å². The maximum Gasteiger partial charge on any atom is 0.258 e. The summed E-state index contributed by atoms with van der Waals surface area (Å²) >= 11 is 0. The van der Waals surface area contributed by atoms with Gasteiger partial charge in [-0.3, -0.25) is 9.78 Å². The minimum absolute atomic E-state index is 0.103. The number of rotatable bonds is 6. The fourth-order valence-electron chi connectivity index (χ4n) is 2.26. The summed E-state index contributed by atoms with van der Waals surface area (Å²) in [5.74, 6) is 1.07. The molecule has 0 saturated carbocycles. The molecular weight excluding hydrogens is 306 g/mol. The van der Waals surface area contributed by atoms with E-state index in [0.717, 1.165) is 22.6 Å². The largest absolute Gasteiger partial charge is 0.496 e. The predicted octanol–water partition coefficient (Wildman–Crippen LogP) is 2.27. The van der Waals surface area contributed by atoms with E-state index in [2.05, 4.69) is 10.3 Å². The van der Waals surface area contributed by atoms with Crippen LogP contribution in [0.1, 0.15) is 22.4 Å². The van der Waals surface area contributed by atoms with Crippen molar-refractivity contribution in [3.05, 3.63) is 52.8 Å². The number of aromatic nitrogens is 1. The average Bonchev–Trinajstić information content (AvgIpc) is 2.60. The van der Waals surface area contributed by atoms with E-state index in [9.17, 15) is 4.79 Å². The third kappa shape index (κ3) is 4.23. The second-order valence-corrected chi connectivity index (χ2v) is 5.25. The summed E-state index contributed by atoms with van der Waals surface area (Å²) in [6, 6.07) is 8.61.